The average molecular weight is 624 g/mol. The molecule has 0 aliphatic carbocycles. The molecule has 10 nitrogen and oxygen atoms in total. The number of aromatic nitrogens is 1. The molecule has 1 unspecified atom stereocenters. The number of nitrogens with zero attached hydrogens (tertiary/aromatic N) is 2. The van der Waals surface area contributed by atoms with Crippen molar-refractivity contribution in [3.8, 4) is 11.5 Å². The Morgan fingerprint density at radius 2 is 1.82 bits per heavy atom. The highest BCUT2D eigenvalue weighted by Crippen LogP contribution is 2.34. The van der Waals surface area contributed by atoms with Crippen molar-refractivity contribution in [2.75, 3.05) is 30.7 Å². The van der Waals surface area contributed by atoms with Crippen LogP contribution in [0.25, 0.3) is 0 Å². The highest BCUT2D eigenvalue weighted by Gasteiger charge is 2.33. The molecule has 13 heteroatoms. The number of benzene rings is 2. The van der Waals surface area contributed by atoms with Crippen LogP contribution in [0.15, 0.2) is 71.0 Å². The van der Waals surface area contributed by atoms with E-state index < -0.39 is 29.2 Å². The molecule has 0 bridgehead atoms. The number of Topliss-reactive ketones (excluding diaryl/α,β-unsaturated/α-hetero) is 1. The van der Waals surface area contributed by atoms with Crippen LogP contribution in [0, 0.1) is 17.6 Å². The van der Waals surface area contributed by atoms with Crippen LogP contribution in [-0.4, -0.2) is 48.6 Å². The van der Waals surface area contributed by atoms with Gasteiger partial charge in [-0.3, -0.25) is 19.4 Å². The molecule has 2 aromatic carbocycles. The van der Waals surface area contributed by atoms with Gasteiger partial charge in [0.15, 0.2) is 23.1 Å². The standard InChI is InChI=1S/C31H28ClF2N5O5/c32-27-25(9-13-37-29(27)35)44-24-6-5-20(15-22(24)34)39-30(41)26-23(10-14-43-31(42)18-7-11-36-12-8-18)38-16-21(28(26)40)17-1-3-19(33)4-2-17/h1-6,9,13,15-16,18,21,36H,7-8,10-12,14H2,(H2,35,37)(H,39,41). The third-order valence-corrected chi connectivity index (χ3v) is 7.58. The number of nitrogens with two attached hydrogens (primary N) is 1. The largest absolute Gasteiger partial charge is 0.465 e. The summed E-state index contributed by atoms with van der Waals surface area (Å²) < 4.78 is 39.5. The summed E-state index contributed by atoms with van der Waals surface area (Å²) in [5.41, 5.74) is 5.96. The minimum Gasteiger partial charge on any atom is -0.465 e. The normalized spacial score (nSPS) is 17.0. The Kier molecular flexibility index (Phi) is 9.61. The zero-order chi connectivity index (χ0) is 31.2. The van der Waals surface area contributed by atoms with Crippen LogP contribution >= 0.6 is 11.6 Å². The van der Waals surface area contributed by atoms with Gasteiger partial charge in [-0.15, -0.1) is 0 Å². The van der Waals surface area contributed by atoms with Crippen molar-refractivity contribution in [2.45, 2.75) is 25.2 Å². The summed E-state index contributed by atoms with van der Waals surface area (Å²) in [5, 5.41) is 5.73. The number of nitrogens with one attached hydrogen (secondary N) is 2. The maximum Gasteiger partial charge on any atom is 0.309 e. The van der Waals surface area contributed by atoms with Gasteiger partial charge in [-0.05, 0) is 55.8 Å². The lowest BCUT2D eigenvalue weighted by Gasteiger charge is -2.22. The van der Waals surface area contributed by atoms with E-state index in [0.29, 0.717) is 18.4 Å². The van der Waals surface area contributed by atoms with Gasteiger partial charge in [-0.2, -0.15) is 0 Å². The number of hydrogen-bond donors (Lipinski definition) is 3. The van der Waals surface area contributed by atoms with Crippen molar-refractivity contribution < 1.29 is 32.6 Å². The lowest BCUT2D eigenvalue weighted by atomic mass is 9.87. The molecule has 3 heterocycles. The van der Waals surface area contributed by atoms with E-state index >= 15 is 0 Å². The number of hydrogen-bond acceptors (Lipinski definition) is 9. The second-order valence-corrected chi connectivity index (χ2v) is 10.5. The van der Waals surface area contributed by atoms with Crippen molar-refractivity contribution in [3.05, 3.63) is 88.2 Å². The molecule has 1 saturated heterocycles. The van der Waals surface area contributed by atoms with Gasteiger partial charge in [-0.25, -0.2) is 13.8 Å². The van der Waals surface area contributed by atoms with Gasteiger partial charge in [0.1, 0.15) is 22.2 Å². The summed E-state index contributed by atoms with van der Waals surface area (Å²) >= 11 is 6.08. The highest BCUT2D eigenvalue weighted by atomic mass is 35.5. The zero-order valence-corrected chi connectivity index (χ0v) is 24.1. The number of rotatable bonds is 9. The molecule has 2 aliphatic rings. The molecule has 4 N–H and O–H groups in total. The predicted molar refractivity (Wildman–Crippen MR) is 160 cm³/mol. The summed E-state index contributed by atoms with van der Waals surface area (Å²) in [4.78, 5) is 47.8. The van der Waals surface area contributed by atoms with E-state index in [-0.39, 0.29) is 64.2 Å². The van der Waals surface area contributed by atoms with Crippen molar-refractivity contribution in [2.24, 2.45) is 10.9 Å². The van der Waals surface area contributed by atoms with Gasteiger partial charge in [0.05, 0.1) is 24.1 Å². The quantitative estimate of drug-likeness (QED) is 0.224. The molecule has 5 rings (SSSR count). The molecule has 1 aromatic heterocycles. The van der Waals surface area contributed by atoms with Crippen LogP contribution in [0.4, 0.5) is 20.3 Å². The topological polar surface area (TPSA) is 145 Å². The van der Waals surface area contributed by atoms with Gasteiger partial charge in [0.25, 0.3) is 5.91 Å². The summed E-state index contributed by atoms with van der Waals surface area (Å²) in [6.45, 7) is 1.35. The fourth-order valence-corrected chi connectivity index (χ4v) is 5.00. The SMILES string of the molecule is Nc1nccc(Oc2ccc(NC(=O)C3=C(CCOC(=O)C4CCNCC4)N=CC(c4ccc(F)cc4)C3=O)cc2F)c1Cl. The molecule has 1 fully saturated rings. The van der Waals surface area contributed by atoms with E-state index in [1.54, 1.807) is 0 Å². The molecule has 2 aliphatic heterocycles. The molecule has 44 heavy (non-hydrogen) atoms. The number of carbonyl (C=O) groups is 3. The van der Waals surface area contributed by atoms with Crippen molar-refractivity contribution in [3.63, 3.8) is 0 Å². The van der Waals surface area contributed by atoms with E-state index in [0.717, 1.165) is 19.2 Å². The van der Waals surface area contributed by atoms with Crippen LogP contribution in [0.3, 0.4) is 0 Å². The summed E-state index contributed by atoms with van der Waals surface area (Å²) in [6, 6.07) is 10.4. The maximum atomic E-state index is 15.0. The molecular formula is C31H28ClF2N5O5. The molecule has 0 saturated carbocycles. The minimum absolute atomic E-state index is 0.00516. The van der Waals surface area contributed by atoms with E-state index in [2.05, 4.69) is 20.6 Å². The summed E-state index contributed by atoms with van der Waals surface area (Å²) in [7, 11) is 0. The second-order valence-electron chi connectivity index (χ2n) is 10.1. The highest BCUT2D eigenvalue weighted by molar-refractivity contribution is 6.34. The molecule has 1 atom stereocenters. The Hall–Kier alpha value is -4.68. The first-order chi connectivity index (χ1) is 21.2. The fourth-order valence-electron chi connectivity index (χ4n) is 4.85. The Balaban J connectivity index is 1.34. The number of ether oxygens (including phenoxy) is 2. The minimum atomic E-state index is -0.956. The van der Waals surface area contributed by atoms with Gasteiger partial charge in [-0.1, -0.05) is 23.7 Å². The van der Waals surface area contributed by atoms with Crippen molar-refractivity contribution >= 4 is 47.0 Å². The van der Waals surface area contributed by atoms with Gasteiger partial charge >= 0.3 is 5.97 Å². The molecule has 0 spiro atoms. The maximum absolute atomic E-state index is 15.0. The van der Waals surface area contributed by atoms with Crippen molar-refractivity contribution in [1.29, 1.82) is 0 Å². The van der Waals surface area contributed by atoms with Crippen LogP contribution in [0.2, 0.25) is 5.02 Å². The molecule has 3 aromatic rings. The fraction of sp³-hybridized carbons (Fsp3) is 0.258. The summed E-state index contributed by atoms with van der Waals surface area (Å²) in [6.07, 6.45) is 4.05. The number of pyridine rings is 1. The third-order valence-electron chi connectivity index (χ3n) is 7.20. The van der Waals surface area contributed by atoms with E-state index in [9.17, 15) is 23.2 Å². The van der Waals surface area contributed by atoms with E-state index in [1.807, 2.05) is 0 Å². The Morgan fingerprint density at radius 1 is 1.07 bits per heavy atom. The van der Waals surface area contributed by atoms with Crippen LogP contribution in [-0.2, 0) is 19.1 Å². The number of aliphatic imine (C=N–C) groups is 1. The smallest absolute Gasteiger partial charge is 0.309 e. The second kappa shape index (κ2) is 13.7. The number of amides is 1. The molecule has 1 amide bonds. The van der Waals surface area contributed by atoms with Gasteiger partial charge in [0.2, 0.25) is 0 Å². The Labute approximate surface area is 256 Å². The molecule has 228 valence electrons. The lowest BCUT2D eigenvalue weighted by Crippen LogP contribution is -2.33. The number of nitrogen functional groups attached to an aromatic ring is 1. The summed E-state index contributed by atoms with van der Waals surface area (Å²) in [5.74, 6) is -4.36. The number of carbonyl (C=O) groups excluding carboxylic acids is 3. The van der Waals surface area contributed by atoms with Crippen LogP contribution in [0.5, 0.6) is 11.5 Å². The van der Waals surface area contributed by atoms with E-state index in [4.69, 9.17) is 26.8 Å². The number of ketones is 1. The first kappa shape index (κ1) is 30.8. The molecule has 0 radical (unpaired) electrons. The predicted octanol–water partition coefficient (Wildman–Crippen LogP) is 4.95. The zero-order valence-electron chi connectivity index (χ0n) is 23.3. The van der Waals surface area contributed by atoms with Gasteiger partial charge in [0, 0.05) is 36.7 Å². The Morgan fingerprint density at radius 3 is 2.55 bits per heavy atom. The number of piperidine rings is 1. The first-order valence-electron chi connectivity index (χ1n) is 13.8. The lowest BCUT2D eigenvalue weighted by molar-refractivity contribution is -0.149. The molecular weight excluding hydrogens is 596 g/mol. The monoisotopic (exact) mass is 623 g/mol. The van der Waals surface area contributed by atoms with Gasteiger partial charge < -0.3 is 25.8 Å². The van der Waals surface area contributed by atoms with Crippen molar-refractivity contribution in [1.82, 2.24) is 10.3 Å². The number of halogens is 3. The van der Waals surface area contributed by atoms with E-state index in [1.165, 1.54) is 54.9 Å². The Bertz CT molecular complexity index is 1640. The van der Waals surface area contributed by atoms with Crippen LogP contribution < -0.4 is 21.1 Å². The van der Waals surface area contributed by atoms with Crippen LogP contribution in [0.1, 0.15) is 30.7 Å². The third kappa shape index (κ3) is 7.09. The average Bonchev–Trinajstić information content (AvgIpc) is 3.01. The first-order valence-corrected chi connectivity index (χ1v) is 14.2. The number of esters is 1. The number of anilines is 2.